The minimum atomic E-state index is -0.208. The molecular formula is C39H68O6. The number of unbranched alkanes of at least 4 members (excludes halogenated alkanes) is 4. The number of phenolic OH excluding ortho intramolecular Hbond substituents is 1. The van der Waals surface area contributed by atoms with Crippen molar-refractivity contribution in [3.63, 3.8) is 0 Å². The maximum Gasteiger partial charge on any atom is 0.305 e. The van der Waals surface area contributed by atoms with Crippen LogP contribution in [0.4, 0.5) is 0 Å². The maximum atomic E-state index is 11.9. The molecule has 1 aromatic carbocycles. The zero-order valence-electron chi connectivity index (χ0n) is 30.5. The van der Waals surface area contributed by atoms with Crippen molar-refractivity contribution >= 4 is 11.9 Å². The molecule has 0 radical (unpaired) electrons. The van der Waals surface area contributed by atoms with E-state index in [1.807, 2.05) is 12.1 Å². The molecule has 2 unspecified atom stereocenters. The van der Waals surface area contributed by atoms with Crippen molar-refractivity contribution in [1.82, 2.24) is 0 Å². The van der Waals surface area contributed by atoms with Crippen molar-refractivity contribution < 1.29 is 28.9 Å². The number of carbonyl (C=O) groups is 2. The molecule has 1 aromatic rings. The highest BCUT2D eigenvalue weighted by Gasteiger charge is 2.30. The lowest BCUT2D eigenvalue weighted by atomic mass is 9.75. The highest BCUT2D eigenvalue weighted by Crippen LogP contribution is 2.44. The molecular weight excluding hydrogens is 564 g/mol. The Labute approximate surface area is 276 Å². The normalized spacial score (nSPS) is 13.4. The minimum absolute atomic E-state index is 0.0717. The topological polar surface area (TPSA) is 82.1 Å². The maximum absolute atomic E-state index is 11.9. The lowest BCUT2D eigenvalue weighted by Gasteiger charge is -2.32. The number of hydrogen-bond donors (Lipinski definition) is 1. The van der Waals surface area contributed by atoms with Gasteiger partial charge in [-0.3, -0.25) is 9.59 Å². The second kappa shape index (κ2) is 21.5. The van der Waals surface area contributed by atoms with Gasteiger partial charge in [0.05, 0.1) is 20.3 Å². The first-order valence-corrected chi connectivity index (χ1v) is 18.0. The zero-order valence-corrected chi connectivity index (χ0v) is 30.5. The molecule has 0 saturated heterocycles. The average Bonchev–Trinajstić information content (AvgIpc) is 2.97. The Kier molecular flexibility index (Phi) is 19.5. The fourth-order valence-electron chi connectivity index (χ4n) is 6.08. The van der Waals surface area contributed by atoms with E-state index in [0.29, 0.717) is 43.6 Å². The summed E-state index contributed by atoms with van der Waals surface area (Å²) in [5.41, 5.74) is 1.59. The molecule has 0 aliphatic heterocycles. The summed E-state index contributed by atoms with van der Waals surface area (Å²) in [5.74, 6) is 1.98. The first kappa shape index (κ1) is 40.8. The number of benzene rings is 1. The molecule has 0 amide bonds. The molecule has 0 aliphatic carbocycles. The predicted octanol–water partition coefficient (Wildman–Crippen LogP) is 10.6. The van der Waals surface area contributed by atoms with Gasteiger partial charge in [0.1, 0.15) is 11.5 Å². The Hall–Kier alpha value is -2.24. The number of ether oxygens (including phenoxy) is 3. The third-order valence-corrected chi connectivity index (χ3v) is 9.49. The van der Waals surface area contributed by atoms with Crippen molar-refractivity contribution in [3.8, 4) is 11.5 Å². The van der Waals surface area contributed by atoms with Crippen LogP contribution in [0.1, 0.15) is 169 Å². The van der Waals surface area contributed by atoms with E-state index in [1.165, 1.54) is 0 Å². The Morgan fingerprint density at radius 2 is 1.13 bits per heavy atom. The Bertz CT molecular complexity index is 982. The summed E-state index contributed by atoms with van der Waals surface area (Å²) in [6.07, 6.45) is 15.1. The zero-order chi connectivity index (χ0) is 33.9. The van der Waals surface area contributed by atoms with Crippen LogP contribution >= 0.6 is 0 Å². The third-order valence-electron chi connectivity index (χ3n) is 9.49. The van der Waals surface area contributed by atoms with E-state index < -0.39 is 0 Å². The van der Waals surface area contributed by atoms with Crippen LogP contribution in [0.2, 0.25) is 0 Å². The molecule has 2 atom stereocenters. The molecule has 0 spiro atoms. The minimum Gasteiger partial charge on any atom is -0.508 e. The van der Waals surface area contributed by atoms with Gasteiger partial charge < -0.3 is 19.3 Å². The number of aromatic hydroxyl groups is 1. The van der Waals surface area contributed by atoms with Gasteiger partial charge in [-0.05, 0) is 73.3 Å². The number of rotatable bonds is 25. The lowest BCUT2D eigenvalue weighted by Crippen LogP contribution is -2.22. The van der Waals surface area contributed by atoms with Crippen molar-refractivity contribution in [1.29, 1.82) is 0 Å². The Morgan fingerprint density at radius 1 is 0.689 bits per heavy atom. The molecule has 0 bridgehead atoms. The van der Waals surface area contributed by atoms with E-state index in [0.717, 1.165) is 107 Å². The van der Waals surface area contributed by atoms with Crippen LogP contribution in [0.25, 0.3) is 0 Å². The predicted molar refractivity (Wildman–Crippen MR) is 186 cm³/mol. The van der Waals surface area contributed by atoms with Crippen LogP contribution in [0.5, 0.6) is 11.5 Å². The molecule has 1 rings (SSSR count). The highest BCUT2D eigenvalue weighted by atomic mass is 16.5. The Balaban J connectivity index is 2.62. The van der Waals surface area contributed by atoms with Gasteiger partial charge in [-0.2, -0.15) is 0 Å². The smallest absolute Gasteiger partial charge is 0.305 e. The van der Waals surface area contributed by atoms with E-state index in [9.17, 15) is 14.7 Å². The SMILES string of the molecule is CCCCCC(=O)OCCC(C)CCCC(C)(C)c1cc(OC)c(C(C)(C)CCCC(C)CCOC(=O)CCCCC)cc1O. The van der Waals surface area contributed by atoms with Crippen LogP contribution in [0, 0.1) is 11.8 Å². The fourth-order valence-corrected chi connectivity index (χ4v) is 6.08. The average molecular weight is 633 g/mol. The van der Waals surface area contributed by atoms with Gasteiger partial charge in [0.25, 0.3) is 0 Å². The van der Waals surface area contributed by atoms with Crippen molar-refractivity contribution in [2.24, 2.45) is 11.8 Å². The third kappa shape index (κ3) is 16.2. The highest BCUT2D eigenvalue weighted by molar-refractivity contribution is 5.69. The van der Waals surface area contributed by atoms with Crippen molar-refractivity contribution in [3.05, 3.63) is 23.3 Å². The van der Waals surface area contributed by atoms with Gasteiger partial charge in [-0.15, -0.1) is 0 Å². The van der Waals surface area contributed by atoms with Crippen LogP contribution < -0.4 is 4.74 Å². The molecule has 0 saturated carbocycles. The number of esters is 2. The number of carbonyl (C=O) groups excluding carboxylic acids is 2. The summed E-state index contributed by atoms with van der Waals surface area (Å²) in [5, 5.41) is 11.2. The van der Waals surface area contributed by atoms with Crippen LogP contribution in [-0.4, -0.2) is 37.4 Å². The largest absolute Gasteiger partial charge is 0.508 e. The molecule has 0 aliphatic rings. The van der Waals surface area contributed by atoms with Gasteiger partial charge in [0.15, 0.2) is 0 Å². The van der Waals surface area contributed by atoms with Gasteiger partial charge in [0, 0.05) is 24.0 Å². The molecule has 0 fully saturated rings. The second-order valence-corrected chi connectivity index (χ2v) is 14.8. The van der Waals surface area contributed by atoms with Crippen molar-refractivity contribution in [2.45, 2.75) is 169 Å². The molecule has 260 valence electrons. The molecule has 45 heavy (non-hydrogen) atoms. The summed E-state index contributed by atoms with van der Waals surface area (Å²) in [6, 6.07) is 3.97. The quantitative estimate of drug-likeness (QED) is 0.0853. The van der Waals surface area contributed by atoms with Gasteiger partial charge in [-0.1, -0.05) is 107 Å². The number of methoxy groups -OCH3 is 1. The first-order chi connectivity index (χ1) is 21.3. The van der Waals surface area contributed by atoms with Gasteiger partial charge in [0.2, 0.25) is 0 Å². The van der Waals surface area contributed by atoms with E-state index in [2.05, 4.69) is 55.4 Å². The molecule has 6 heteroatoms. The monoisotopic (exact) mass is 633 g/mol. The van der Waals surface area contributed by atoms with Gasteiger partial charge in [-0.25, -0.2) is 0 Å². The number of hydrogen-bond acceptors (Lipinski definition) is 6. The summed E-state index contributed by atoms with van der Waals surface area (Å²) in [6.45, 7) is 18.6. The summed E-state index contributed by atoms with van der Waals surface area (Å²) in [7, 11) is 1.71. The molecule has 1 N–H and O–H groups in total. The van der Waals surface area contributed by atoms with E-state index in [4.69, 9.17) is 14.2 Å². The Morgan fingerprint density at radius 3 is 1.56 bits per heavy atom. The summed E-state index contributed by atoms with van der Waals surface area (Å²) < 4.78 is 16.8. The van der Waals surface area contributed by atoms with E-state index in [-0.39, 0.29) is 22.8 Å². The van der Waals surface area contributed by atoms with E-state index in [1.54, 1.807) is 7.11 Å². The number of phenols is 1. The standard InChI is InChI=1S/C39H68O6/c1-10-12-14-20-36(41)44-26-22-30(3)18-16-24-38(5,6)32-29-35(43-9)33(28-34(32)40)39(7,8)25-17-19-31(4)23-27-45-37(42)21-15-13-11-2/h28-31,40H,10-27H2,1-9H3. The first-order valence-electron chi connectivity index (χ1n) is 18.0. The van der Waals surface area contributed by atoms with E-state index >= 15 is 0 Å². The van der Waals surface area contributed by atoms with Crippen molar-refractivity contribution in [2.75, 3.05) is 20.3 Å². The second-order valence-electron chi connectivity index (χ2n) is 14.8. The lowest BCUT2D eigenvalue weighted by molar-refractivity contribution is -0.145. The van der Waals surface area contributed by atoms with Crippen LogP contribution in [0.3, 0.4) is 0 Å². The molecule has 0 aromatic heterocycles. The van der Waals surface area contributed by atoms with Crippen LogP contribution in [0.15, 0.2) is 12.1 Å². The molecule has 0 heterocycles. The summed E-state index contributed by atoms with van der Waals surface area (Å²) in [4.78, 5) is 23.7. The fraction of sp³-hybridized carbons (Fsp3) is 0.795. The van der Waals surface area contributed by atoms with Crippen LogP contribution in [-0.2, 0) is 29.9 Å². The summed E-state index contributed by atoms with van der Waals surface area (Å²) >= 11 is 0. The van der Waals surface area contributed by atoms with Gasteiger partial charge >= 0.3 is 11.9 Å². The molecule has 6 nitrogen and oxygen atoms in total.